The van der Waals surface area contributed by atoms with Crippen molar-refractivity contribution in [1.82, 2.24) is 4.90 Å². The Kier molecular flexibility index (Phi) is 4.12. The Labute approximate surface area is 120 Å². The third-order valence-electron chi connectivity index (χ3n) is 4.04. The van der Waals surface area contributed by atoms with Gasteiger partial charge in [0.15, 0.2) is 0 Å². The summed E-state index contributed by atoms with van der Waals surface area (Å²) < 4.78 is 13.2. The molecule has 3 rings (SSSR count). The Bertz CT molecular complexity index is 565. The first kappa shape index (κ1) is 13.3. The molecule has 0 amide bonds. The molecule has 0 atom stereocenters. The molecule has 0 saturated heterocycles. The van der Waals surface area contributed by atoms with Gasteiger partial charge in [0.05, 0.1) is 0 Å². The number of aryl methyl sites for hydroxylation is 1. The summed E-state index contributed by atoms with van der Waals surface area (Å²) in [6.45, 7) is 3.13. The van der Waals surface area contributed by atoms with E-state index in [0.717, 1.165) is 32.5 Å². The number of hydrogen-bond acceptors (Lipinski definition) is 1. The summed E-state index contributed by atoms with van der Waals surface area (Å²) in [4.78, 5) is 2.48. The highest BCUT2D eigenvalue weighted by Gasteiger charge is 2.15. The van der Waals surface area contributed by atoms with Gasteiger partial charge < -0.3 is 0 Å². The Balaban J connectivity index is 1.52. The molecule has 104 valence electrons. The summed E-state index contributed by atoms with van der Waals surface area (Å²) >= 11 is 0. The SMILES string of the molecule is Fc1ccc2c(c1)CCN(CCCc1ccccc1)C2. The number of nitrogens with zero attached hydrogens (tertiary/aromatic N) is 1. The summed E-state index contributed by atoms with van der Waals surface area (Å²) in [6.07, 6.45) is 3.28. The normalized spacial score (nSPS) is 15.1. The van der Waals surface area contributed by atoms with Crippen molar-refractivity contribution in [1.29, 1.82) is 0 Å². The second kappa shape index (κ2) is 6.19. The molecule has 1 nitrogen and oxygen atoms in total. The van der Waals surface area contributed by atoms with E-state index in [1.54, 1.807) is 12.1 Å². The molecule has 0 aromatic heterocycles. The van der Waals surface area contributed by atoms with Crippen molar-refractivity contribution in [2.45, 2.75) is 25.8 Å². The van der Waals surface area contributed by atoms with Crippen LogP contribution in [0.5, 0.6) is 0 Å². The number of hydrogen-bond donors (Lipinski definition) is 0. The Hall–Kier alpha value is -1.67. The lowest BCUT2D eigenvalue weighted by Gasteiger charge is -2.28. The van der Waals surface area contributed by atoms with Crippen LogP contribution in [0.15, 0.2) is 48.5 Å². The largest absolute Gasteiger partial charge is 0.299 e. The molecule has 0 spiro atoms. The molecule has 20 heavy (non-hydrogen) atoms. The average molecular weight is 269 g/mol. The maximum atomic E-state index is 13.2. The van der Waals surface area contributed by atoms with Crippen molar-refractivity contribution in [2.75, 3.05) is 13.1 Å². The zero-order chi connectivity index (χ0) is 13.8. The molecule has 0 N–H and O–H groups in total. The van der Waals surface area contributed by atoms with Crippen molar-refractivity contribution in [3.05, 3.63) is 71.0 Å². The maximum absolute atomic E-state index is 13.2. The second-order valence-electron chi connectivity index (χ2n) is 5.53. The first-order valence-corrected chi connectivity index (χ1v) is 7.35. The molecule has 0 bridgehead atoms. The highest BCUT2D eigenvalue weighted by atomic mass is 19.1. The van der Waals surface area contributed by atoms with Crippen LogP contribution in [-0.2, 0) is 19.4 Å². The van der Waals surface area contributed by atoms with Gasteiger partial charge in [0.2, 0.25) is 0 Å². The number of benzene rings is 2. The minimum atomic E-state index is -0.110. The third-order valence-corrected chi connectivity index (χ3v) is 4.04. The van der Waals surface area contributed by atoms with Crippen LogP contribution in [0.4, 0.5) is 4.39 Å². The van der Waals surface area contributed by atoms with Gasteiger partial charge in [0, 0.05) is 13.1 Å². The predicted octanol–water partition coefficient (Wildman–Crippen LogP) is 3.82. The molecule has 1 aliphatic rings. The van der Waals surface area contributed by atoms with Gasteiger partial charge in [0.1, 0.15) is 5.82 Å². The molecule has 0 radical (unpaired) electrons. The molecule has 2 aromatic carbocycles. The Morgan fingerprint density at radius 1 is 1.00 bits per heavy atom. The van der Waals surface area contributed by atoms with E-state index >= 15 is 0 Å². The van der Waals surface area contributed by atoms with E-state index in [1.807, 2.05) is 6.07 Å². The lowest BCUT2D eigenvalue weighted by Crippen LogP contribution is -2.31. The van der Waals surface area contributed by atoms with Crippen LogP contribution in [0.1, 0.15) is 23.1 Å². The standard InChI is InChI=1S/C18H20FN/c19-18-9-8-17-14-20(12-10-16(17)13-18)11-4-7-15-5-2-1-3-6-15/h1-3,5-6,8-9,13H,4,7,10-12,14H2. The fraction of sp³-hybridized carbons (Fsp3) is 0.333. The summed E-state index contributed by atoms with van der Waals surface area (Å²) in [5, 5.41) is 0. The van der Waals surface area contributed by atoms with Gasteiger partial charge >= 0.3 is 0 Å². The molecule has 1 aliphatic heterocycles. The van der Waals surface area contributed by atoms with Crippen LogP contribution in [-0.4, -0.2) is 18.0 Å². The summed E-state index contributed by atoms with van der Waals surface area (Å²) in [7, 11) is 0. The van der Waals surface area contributed by atoms with Crippen LogP contribution in [0.3, 0.4) is 0 Å². The summed E-state index contributed by atoms with van der Waals surface area (Å²) in [5.41, 5.74) is 3.88. The zero-order valence-corrected chi connectivity index (χ0v) is 11.7. The minimum absolute atomic E-state index is 0.110. The van der Waals surface area contributed by atoms with E-state index in [1.165, 1.54) is 23.1 Å². The summed E-state index contributed by atoms with van der Waals surface area (Å²) in [6, 6.07) is 15.8. The van der Waals surface area contributed by atoms with Crippen molar-refractivity contribution in [3.63, 3.8) is 0 Å². The Morgan fingerprint density at radius 3 is 2.70 bits per heavy atom. The van der Waals surface area contributed by atoms with Crippen LogP contribution in [0, 0.1) is 5.82 Å². The monoisotopic (exact) mass is 269 g/mol. The van der Waals surface area contributed by atoms with Crippen LogP contribution in [0.2, 0.25) is 0 Å². The molecular formula is C18H20FN. The molecule has 0 unspecified atom stereocenters. The number of rotatable bonds is 4. The lowest BCUT2D eigenvalue weighted by atomic mass is 9.99. The fourth-order valence-corrected chi connectivity index (χ4v) is 2.92. The van der Waals surface area contributed by atoms with E-state index in [2.05, 4.69) is 35.2 Å². The summed E-state index contributed by atoms with van der Waals surface area (Å²) in [5.74, 6) is -0.110. The first-order chi connectivity index (χ1) is 9.81. The molecule has 0 aliphatic carbocycles. The van der Waals surface area contributed by atoms with Crippen molar-refractivity contribution in [2.24, 2.45) is 0 Å². The van der Waals surface area contributed by atoms with E-state index in [9.17, 15) is 4.39 Å². The molecular weight excluding hydrogens is 249 g/mol. The smallest absolute Gasteiger partial charge is 0.123 e. The van der Waals surface area contributed by atoms with E-state index in [-0.39, 0.29) is 5.82 Å². The van der Waals surface area contributed by atoms with Crippen molar-refractivity contribution in [3.8, 4) is 0 Å². The van der Waals surface area contributed by atoms with Gasteiger partial charge in [-0.05, 0) is 54.6 Å². The molecule has 2 aromatic rings. The molecule has 1 heterocycles. The van der Waals surface area contributed by atoms with Gasteiger partial charge in [-0.1, -0.05) is 36.4 Å². The van der Waals surface area contributed by atoms with Crippen LogP contribution >= 0.6 is 0 Å². The zero-order valence-electron chi connectivity index (χ0n) is 11.7. The predicted molar refractivity (Wildman–Crippen MR) is 80.1 cm³/mol. The van der Waals surface area contributed by atoms with E-state index < -0.39 is 0 Å². The van der Waals surface area contributed by atoms with Crippen LogP contribution < -0.4 is 0 Å². The van der Waals surface area contributed by atoms with Gasteiger partial charge in [-0.15, -0.1) is 0 Å². The van der Waals surface area contributed by atoms with E-state index in [0.29, 0.717) is 0 Å². The quantitative estimate of drug-likeness (QED) is 0.815. The van der Waals surface area contributed by atoms with Crippen molar-refractivity contribution < 1.29 is 4.39 Å². The molecule has 0 fully saturated rings. The fourth-order valence-electron chi connectivity index (χ4n) is 2.92. The van der Waals surface area contributed by atoms with Gasteiger partial charge in [-0.2, -0.15) is 0 Å². The minimum Gasteiger partial charge on any atom is -0.299 e. The average Bonchev–Trinajstić information content (AvgIpc) is 2.48. The molecule has 0 saturated carbocycles. The van der Waals surface area contributed by atoms with Gasteiger partial charge in [-0.3, -0.25) is 4.90 Å². The molecule has 2 heteroatoms. The van der Waals surface area contributed by atoms with E-state index in [4.69, 9.17) is 0 Å². The van der Waals surface area contributed by atoms with Crippen LogP contribution in [0.25, 0.3) is 0 Å². The number of fused-ring (bicyclic) bond motifs is 1. The first-order valence-electron chi connectivity index (χ1n) is 7.35. The third kappa shape index (κ3) is 3.26. The highest BCUT2D eigenvalue weighted by molar-refractivity contribution is 5.29. The van der Waals surface area contributed by atoms with Crippen molar-refractivity contribution >= 4 is 0 Å². The number of halogens is 1. The second-order valence-corrected chi connectivity index (χ2v) is 5.53. The van der Waals surface area contributed by atoms with Gasteiger partial charge in [0.25, 0.3) is 0 Å². The highest BCUT2D eigenvalue weighted by Crippen LogP contribution is 2.20. The maximum Gasteiger partial charge on any atom is 0.123 e. The topological polar surface area (TPSA) is 3.24 Å². The van der Waals surface area contributed by atoms with Gasteiger partial charge in [-0.25, -0.2) is 4.39 Å². The lowest BCUT2D eigenvalue weighted by molar-refractivity contribution is 0.251. The Morgan fingerprint density at radius 2 is 1.85 bits per heavy atom.